The van der Waals surface area contributed by atoms with Crippen molar-refractivity contribution in [2.24, 2.45) is 4.99 Å². The predicted molar refractivity (Wildman–Crippen MR) is 94.5 cm³/mol. The van der Waals surface area contributed by atoms with Crippen LogP contribution in [0.2, 0.25) is 0 Å². The average molecular weight is 355 g/mol. The second-order valence-corrected chi connectivity index (χ2v) is 6.64. The van der Waals surface area contributed by atoms with Crippen LogP contribution in [0.4, 0.5) is 4.79 Å². The number of benzene rings is 1. The molecule has 136 valence electrons. The Morgan fingerprint density at radius 3 is 2.58 bits per heavy atom. The van der Waals surface area contributed by atoms with E-state index in [0.29, 0.717) is 12.5 Å². The molecule has 3 aliphatic rings. The van der Waals surface area contributed by atoms with Crippen molar-refractivity contribution in [2.45, 2.75) is 25.7 Å². The Balaban J connectivity index is 1.64. The standard InChI is InChI=1S/C18H21N5O3/c1-12-10-22-14-15(19-17(22)21(12)8-9-24)20(2)18(26)23(16(14)25)11-13-6-4-3-5-7-13/h3-7,10,14-15,24H,8-9,11H2,1-2H3. The molecule has 0 aromatic heterocycles. The molecule has 26 heavy (non-hydrogen) atoms. The first-order chi connectivity index (χ1) is 12.5. The molecule has 4 rings (SSSR count). The van der Waals surface area contributed by atoms with E-state index in [9.17, 15) is 14.7 Å². The first-order valence-electron chi connectivity index (χ1n) is 8.58. The van der Waals surface area contributed by atoms with E-state index in [-0.39, 0.29) is 25.1 Å². The van der Waals surface area contributed by atoms with E-state index in [4.69, 9.17) is 0 Å². The fourth-order valence-electron chi connectivity index (χ4n) is 3.69. The van der Waals surface area contributed by atoms with Gasteiger partial charge in [0.15, 0.2) is 12.2 Å². The molecular formula is C18H21N5O3. The lowest BCUT2D eigenvalue weighted by Crippen LogP contribution is -2.63. The lowest BCUT2D eigenvalue weighted by Gasteiger charge is -2.40. The van der Waals surface area contributed by atoms with Gasteiger partial charge in [-0.2, -0.15) is 0 Å². The smallest absolute Gasteiger partial charge is 0.328 e. The molecule has 2 unspecified atom stereocenters. The lowest BCUT2D eigenvalue weighted by atomic mass is 10.1. The van der Waals surface area contributed by atoms with Gasteiger partial charge in [-0.05, 0) is 12.5 Å². The zero-order valence-corrected chi connectivity index (χ0v) is 14.7. The summed E-state index contributed by atoms with van der Waals surface area (Å²) in [6, 6.07) is 8.54. The molecule has 1 fully saturated rings. The number of aliphatic imine (C=N–C) groups is 1. The molecule has 0 bridgehead atoms. The third-order valence-electron chi connectivity index (χ3n) is 5.01. The Morgan fingerprint density at radius 1 is 1.15 bits per heavy atom. The van der Waals surface area contributed by atoms with Gasteiger partial charge in [-0.25, -0.2) is 9.79 Å². The highest BCUT2D eigenvalue weighted by Crippen LogP contribution is 2.34. The first-order valence-corrected chi connectivity index (χ1v) is 8.58. The van der Waals surface area contributed by atoms with Gasteiger partial charge < -0.3 is 19.8 Å². The number of rotatable bonds is 4. The maximum Gasteiger partial charge on any atom is 0.328 e. The molecule has 3 aliphatic heterocycles. The van der Waals surface area contributed by atoms with Gasteiger partial charge in [0.1, 0.15) is 0 Å². The Hall–Kier alpha value is -2.87. The number of fused-ring (bicyclic) bond motifs is 3. The molecule has 8 heteroatoms. The van der Waals surface area contributed by atoms with Gasteiger partial charge in [0.25, 0.3) is 5.91 Å². The normalized spacial score (nSPS) is 24.7. The average Bonchev–Trinajstić information content (AvgIpc) is 3.14. The van der Waals surface area contributed by atoms with Crippen LogP contribution in [0, 0.1) is 0 Å². The number of carbonyl (C=O) groups is 2. The number of aliphatic hydroxyl groups is 1. The summed E-state index contributed by atoms with van der Waals surface area (Å²) >= 11 is 0. The number of allylic oxidation sites excluding steroid dienone is 1. The second-order valence-electron chi connectivity index (χ2n) is 6.64. The zero-order valence-electron chi connectivity index (χ0n) is 14.7. The van der Waals surface area contributed by atoms with Crippen LogP contribution in [-0.2, 0) is 11.3 Å². The topological polar surface area (TPSA) is 79.7 Å². The van der Waals surface area contributed by atoms with Crippen molar-refractivity contribution in [3.8, 4) is 0 Å². The van der Waals surface area contributed by atoms with Gasteiger partial charge in [0.2, 0.25) is 5.96 Å². The maximum atomic E-state index is 13.1. The van der Waals surface area contributed by atoms with Gasteiger partial charge in [-0.15, -0.1) is 0 Å². The van der Waals surface area contributed by atoms with E-state index in [2.05, 4.69) is 4.99 Å². The van der Waals surface area contributed by atoms with Crippen LogP contribution >= 0.6 is 0 Å². The number of β-amino-alcohol motifs (C(OH)–C–C–N with tert-alkyl or cyclic N) is 1. The Labute approximate surface area is 151 Å². The molecule has 1 aromatic carbocycles. The zero-order chi connectivity index (χ0) is 18.4. The van der Waals surface area contributed by atoms with Gasteiger partial charge in [0.05, 0.1) is 13.2 Å². The van der Waals surface area contributed by atoms with Crippen LogP contribution in [0.25, 0.3) is 0 Å². The number of guanidine groups is 1. The molecule has 0 saturated carbocycles. The summed E-state index contributed by atoms with van der Waals surface area (Å²) in [5, 5.41) is 9.29. The van der Waals surface area contributed by atoms with E-state index in [1.807, 2.05) is 53.3 Å². The predicted octanol–water partition coefficient (Wildman–Crippen LogP) is 0.616. The number of hydrogen-bond acceptors (Lipinski definition) is 6. The van der Waals surface area contributed by atoms with Gasteiger partial charge in [-0.1, -0.05) is 30.3 Å². The Kier molecular flexibility index (Phi) is 3.91. The number of nitrogens with zero attached hydrogens (tertiary/aromatic N) is 5. The van der Waals surface area contributed by atoms with Crippen molar-refractivity contribution < 1.29 is 14.7 Å². The van der Waals surface area contributed by atoms with E-state index >= 15 is 0 Å². The van der Waals surface area contributed by atoms with Crippen molar-refractivity contribution in [1.29, 1.82) is 0 Å². The van der Waals surface area contributed by atoms with Crippen LogP contribution < -0.4 is 0 Å². The van der Waals surface area contributed by atoms with Gasteiger partial charge in [-0.3, -0.25) is 9.69 Å². The number of aliphatic hydroxyl groups excluding tert-OH is 1. The largest absolute Gasteiger partial charge is 0.395 e. The molecule has 2 atom stereocenters. The van der Waals surface area contributed by atoms with Crippen molar-refractivity contribution in [1.82, 2.24) is 19.6 Å². The Bertz CT molecular complexity index is 806. The number of hydrogen-bond donors (Lipinski definition) is 1. The van der Waals surface area contributed by atoms with Crippen LogP contribution in [0.5, 0.6) is 0 Å². The second kappa shape index (κ2) is 6.14. The number of amides is 3. The molecule has 3 heterocycles. The molecule has 1 N–H and O–H groups in total. The van der Waals surface area contributed by atoms with Crippen molar-refractivity contribution in [3.63, 3.8) is 0 Å². The SMILES string of the molecule is CC1=CN2C(=NC3C2C(=O)N(Cc2ccccc2)C(=O)N3C)N1CCO. The van der Waals surface area contributed by atoms with Gasteiger partial charge in [0, 0.05) is 25.5 Å². The van der Waals surface area contributed by atoms with E-state index in [1.165, 1.54) is 9.80 Å². The highest BCUT2D eigenvalue weighted by Gasteiger charge is 2.54. The molecule has 1 saturated heterocycles. The molecule has 0 spiro atoms. The monoisotopic (exact) mass is 355 g/mol. The van der Waals surface area contributed by atoms with E-state index in [1.54, 1.807) is 7.05 Å². The van der Waals surface area contributed by atoms with Crippen molar-refractivity contribution in [3.05, 3.63) is 47.8 Å². The first kappa shape index (κ1) is 16.6. The molecule has 3 amide bonds. The highest BCUT2D eigenvalue weighted by molar-refractivity contribution is 6.04. The highest BCUT2D eigenvalue weighted by atomic mass is 16.3. The summed E-state index contributed by atoms with van der Waals surface area (Å²) < 4.78 is 0. The summed E-state index contributed by atoms with van der Waals surface area (Å²) in [7, 11) is 1.67. The van der Waals surface area contributed by atoms with Crippen molar-refractivity contribution >= 4 is 17.9 Å². The Morgan fingerprint density at radius 2 is 1.88 bits per heavy atom. The fraction of sp³-hybridized carbons (Fsp3) is 0.389. The summed E-state index contributed by atoms with van der Waals surface area (Å²) in [4.78, 5) is 37.0. The van der Waals surface area contributed by atoms with E-state index < -0.39 is 12.2 Å². The number of imide groups is 1. The molecule has 8 nitrogen and oxygen atoms in total. The minimum atomic E-state index is -0.574. The molecule has 1 aromatic rings. The summed E-state index contributed by atoms with van der Waals surface area (Å²) in [6.07, 6.45) is 1.31. The van der Waals surface area contributed by atoms with Crippen LogP contribution in [0.3, 0.4) is 0 Å². The van der Waals surface area contributed by atoms with E-state index in [0.717, 1.165) is 11.3 Å². The summed E-state index contributed by atoms with van der Waals surface area (Å²) in [6.45, 7) is 2.53. The summed E-state index contributed by atoms with van der Waals surface area (Å²) in [5.74, 6) is 0.358. The van der Waals surface area contributed by atoms with Crippen molar-refractivity contribution in [2.75, 3.05) is 20.2 Å². The van der Waals surface area contributed by atoms with Crippen LogP contribution in [0.1, 0.15) is 12.5 Å². The number of carbonyl (C=O) groups excluding carboxylic acids is 2. The molecular weight excluding hydrogens is 334 g/mol. The minimum Gasteiger partial charge on any atom is -0.395 e. The van der Waals surface area contributed by atoms with Crippen LogP contribution in [0.15, 0.2) is 47.2 Å². The molecule has 0 aliphatic carbocycles. The number of urea groups is 1. The molecule has 0 radical (unpaired) electrons. The third kappa shape index (κ3) is 2.37. The fourth-order valence-corrected chi connectivity index (χ4v) is 3.69. The van der Waals surface area contributed by atoms with Crippen LogP contribution in [-0.4, -0.2) is 75.0 Å². The lowest BCUT2D eigenvalue weighted by molar-refractivity contribution is -0.137. The maximum absolute atomic E-state index is 13.1. The summed E-state index contributed by atoms with van der Waals surface area (Å²) in [5.41, 5.74) is 1.81. The van der Waals surface area contributed by atoms with Gasteiger partial charge >= 0.3 is 6.03 Å². The third-order valence-corrected chi connectivity index (χ3v) is 5.01. The quantitative estimate of drug-likeness (QED) is 0.856. The number of likely N-dealkylation sites (N-methyl/N-ethyl adjacent to an activating group) is 1. The minimum absolute atomic E-state index is 0.0176.